The van der Waals surface area contributed by atoms with E-state index in [4.69, 9.17) is 0 Å². The lowest BCUT2D eigenvalue weighted by atomic mass is 10.1. The molecule has 4 heteroatoms. The maximum absolute atomic E-state index is 13.8. The maximum atomic E-state index is 13.8. The van der Waals surface area contributed by atoms with Crippen molar-refractivity contribution in [3.8, 4) is 0 Å². The molecule has 0 aliphatic carbocycles. The number of halogens is 2. The van der Waals surface area contributed by atoms with Crippen LogP contribution in [0.3, 0.4) is 0 Å². The minimum atomic E-state index is -0.319. The first-order chi connectivity index (χ1) is 8.58. The van der Waals surface area contributed by atoms with E-state index in [1.807, 2.05) is 30.1 Å². The standard InChI is InChI=1S/C14H14BrFN2/c1-10-5-3-4-6-11(10)9-18(2)14-13(16)7-12(15)8-17-14/h3-8H,9H2,1-2H3. The number of pyridine rings is 1. The van der Waals surface area contributed by atoms with Crippen molar-refractivity contribution in [2.24, 2.45) is 0 Å². The lowest BCUT2D eigenvalue weighted by molar-refractivity contribution is 0.613. The van der Waals surface area contributed by atoms with Crippen LogP contribution >= 0.6 is 15.9 Å². The zero-order valence-corrected chi connectivity index (χ0v) is 11.9. The normalized spacial score (nSPS) is 10.4. The molecule has 0 aliphatic heterocycles. The van der Waals surface area contributed by atoms with Gasteiger partial charge in [0.2, 0.25) is 0 Å². The molecule has 0 unspecified atom stereocenters. The largest absolute Gasteiger partial charge is 0.353 e. The van der Waals surface area contributed by atoms with E-state index >= 15 is 0 Å². The van der Waals surface area contributed by atoms with Crippen LogP contribution in [0.4, 0.5) is 10.2 Å². The second kappa shape index (κ2) is 5.48. The highest BCUT2D eigenvalue weighted by molar-refractivity contribution is 9.10. The number of hydrogen-bond acceptors (Lipinski definition) is 2. The third kappa shape index (κ3) is 2.88. The van der Waals surface area contributed by atoms with Crippen LogP contribution in [0.1, 0.15) is 11.1 Å². The van der Waals surface area contributed by atoms with Gasteiger partial charge in [-0.15, -0.1) is 0 Å². The molecule has 1 heterocycles. The number of aromatic nitrogens is 1. The number of hydrogen-bond donors (Lipinski definition) is 0. The SMILES string of the molecule is Cc1ccccc1CN(C)c1ncc(Br)cc1F. The summed E-state index contributed by atoms with van der Waals surface area (Å²) in [5, 5.41) is 0. The first-order valence-electron chi connectivity index (χ1n) is 5.64. The van der Waals surface area contributed by atoms with Crippen LogP contribution in [0.5, 0.6) is 0 Å². The minimum absolute atomic E-state index is 0.319. The predicted molar refractivity (Wildman–Crippen MR) is 75.2 cm³/mol. The lowest BCUT2D eigenvalue weighted by Crippen LogP contribution is -2.19. The summed E-state index contributed by atoms with van der Waals surface area (Å²) in [6.45, 7) is 2.69. The number of rotatable bonds is 3. The second-order valence-electron chi connectivity index (χ2n) is 4.24. The van der Waals surface area contributed by atoms with Crippen molar-refractivity contribution in [1.82, 2.24) is 4.98 Å². The van der Waals surface area contributed by atoms with Gasteiger partial charge in [0.05, 0.1) is 0 Å². The Morgan fingerprint density at radius 2 is 2.06 bits per heavy atom. The molecule has 0 aliphatic rings. The lowest BCUT2D eigenvalue weighted by Gasteiger charge is -2.19. The first-order valence-corrected chi connectivity index (χ1v) is 6.44. The van der Waals surface area contributed by atoms with Gasteiger partial charge >= 0.3 is 0 Å². The summed E-state index contributed by atoms with van der Waals surface area (Å²) in [5.41, 5.74) is 2.37. The van der Waals surface area contributed by atoms with Crippen LogP contribution in [-0.4, -0.2) is 12.0 Å². The van der Waals surface area contributed by atoms with Gasteiger partial charge in [0.15, 0.2) is 11.6 Å². The van der Waals surface area contributed by atoms with E-state index in [1.165, 1.54) is 17.2 Å². The molecule has 1 aromatic heterocycles. The molecule has 0 fully saturated rings. The van der Waals surface area contributed by atoms with E-state index in [0.717, 1.165) is 0 Å². The van der Waals surface area contributed by atoms with E-state index in [1.54, 1.807) is 6.20 Å². The molecule has 0 atom stereocenters. The summed E-state index contributed by atoms with van der Waals surface area (Å²) in [7, 11) is 1.84. The molecule has 0 amide bonds. The Bertz CT molecular complexity index is 557. The van der Waals surface area contributed by atoms with Crippen molar-refractivity contribution in [1.29, 1.82) is 0 Å². The third-order valence-electron chi connectivity index (χ3n) is 2.82. The van der Waals surface area contributed by atoms with Crippen LogP contribution in [0.15, 0.2) is 41.0 Å². The molecule has 0 bridgehead atoms. The molecule has 1 aromatic carbocycles. The Labute approximate surface area is 115 Å². The molecule has 0 saturated carbocycles. The minimum Gasteiger partial charge on any atom is -0.353 e. The fourth-order valence-corrected chi connectivity index (χ4v) is 2.11. The van der Waals surface area contributed by atoms with Gasteiger partial charge in [0, 0.05) is 24.3 Å². The van der Waals surface area contributed by atoms with Crippen molar-refractivity contribution in [2.45, 2.75) is 13.5 Å². The Morgan fingerprint density at radius 3 is 2.72 bits per heavy atom. The average molecular weight is 309 g/mol. The molecule has 0 spiro atoms. The zero-order chi connectivity index (χ0) is 13.1. The maximum Gasteiger partial charge on any atom is 0.166 e. The Hall–Kier alpha value is -1.42. The zero-order valence-electron chi connectivity index (χ0n) is 10.3. The fourth-order valence-electron chi connectivity index (χ4n) is 1.81. The van der Waals surface area contributed by atoms with E-state index in [9.17, 15) is 4.39 Å². The summed E-state index contributed by atoms with van der Waals surface area (Å²) >= 11 is 3.20. The first kappa shape index (κ1) is 13.0. The molecule has 2 aromatic rings. The van der Waals surface area contributed by atoms with Crippen molar-refractivity contribution in [3.05, 3.63) is 57.9 Å². The monoisotopic (exact) mass is 308 g/mol. The molecule has 2 nitrogen and oxygen atoms in total. The molecular formula is C14H14BrFN2. The van der Waals surface area contributed by atoms with Gasteiger partial charge in [-0.2, -0.15) is 0 Å². The Balaban J connectivity index is 2.22. The third-order valence-corrected chi connectivity index (χ3v) is 3.25. The molecule has 2 rings (SSSR count). The Kier molecular flexibility index (Phi) is 3.97. The van der Waals surface area contributed by atoms with Crippen molar-refractivity contribution in [2.75, 3.05) is 11.9 Å². The highest BCUT2D eigenvalue weighted by atomic mass is 79.9. The van der Waals surface area contributed by atoms with Gasteiger partial charge < -0.3 is 4.90 Å². The predicted octanol–water partition coefficient (Wildman–Crippen LogP) is 3.93. The number of nitrogens with zero attached hydrogens (tertiary/aromatic N) is 2. The highest BCUT2D eigenvalue weighted by Crippen LogP contribution is 2.21. The summed E-state index contributed by atoms with van der Waals surface area (Å²) in [5.74, 6) is 0.0434. The van der Waals surface area contributed by atoms with Gasteiger partial charge in [-0.05, 0) is 40.0 Å². The second-order valence-corrected chi connectivity index (χ2v) is 5.16. The van der Waals surface area contributed by atoms with Gasteiger partial charge in [0.25, 0.3) is 0 Å². The average Bonchev–Trinajstić information content (AvgIpc) is 2.32. The van der Waals surface area contributed by atoms with Gasteiger partial charge in [-0.3, -0.25) is 0 Å². The van der Waals surface area contributed by atoms with E-state index < -0.39 is 0 Å². The van der Waals surface area contributed by atoms with E-state index in [0.29, 0.717) is 16.8 Å². The van der Waals surface area contributed by atoms with Gasteiger partial charge in [0.1, 0.15) is 0 Å². The Morgan fingerprint density at radius 1 is 1.33 bits per heavy atom. The number of benzene rings is 1. The fraction of sp³-hybridized carbons (Fsp3) is 0.214. The summed E-state index contributed by atoms with van der Waals surface area (Å²) in [6, 6.07) is 9.51. The van der Waals surface area contributed by atoms with Crippen molar-refractivity contribution >= 4 is 21.7 Å². The van der Waals surface area contributed by atoms with Gasteiger partial charge in [-0.1, -0.05) is 24.3 Å². The molecule has 0 N–H and O–H groups in total. The highest BCUT2D eigenvalue weighted by Gasteiger charge is 2.10. The van der Waals surface area contributed by atoms with Crippen LogP contribution < -0.4 is 4.90 Å². The number of aryl methyl sites for hydroxylation is 1. The van der Waals surface area contributed by atoms with Crippen LogP contribution in [-0.2, 0) is 6.54 Å². The van der Waals surface area contributed by atoms with Gasteiger partial charge in [-0.25, -0.2) is 9.37 Å². The van der Waals surface area contributed by atoms with Crippen LogP contribution in [0, 0.1) is 12.7 Å². The smallest absolute Gasteiger partial charge is 0.166 e. The van der Waals surface area contributed by atoms with Crippen molar-refractivity contribution in [3.63, 3.8) is 0 Å². The quantitative estimate of drug-likeness (QED) is 0.854. The summed E-state index contributed by atoms with van der Waals surface area (Å²) < 4.78 is 14.4. The van der Waals surface area contributed by atoms with E-state index in [2.05, 4.69) is 33.9 Å². The molecule has 18 heavy (non-hydrogen) atoms. The molecule has 0 saturated heterocycles. The summed E-state index contributed by atoms with van der Waals surface area (Å²) in [4.78, 5) is 5.92. The molecule has 94 valence electrons. The van der Waals surface area contributed by atoms with Crippen LogP contribution in [0.2, 0.25) is 0 Å². The number of anilines is 1. The molecule has 0 radical (unpaired) electrons. The summed E-state index contributed by atoms with van der Waals surface area (Å²) in [6.07, 6.45) is 1.60. The topological polar surface area (TPSA) is 16.1 Å². The van der Waals surface area contributed by atoms with Crippen LogP contribution in [0.25, 0.3) is 0 Å². The van der Waals surface area contributed by atoms with Crippen molar-refractivity contribution < 1.29 is 4.39 Å². The van der Waals surface area contributed by atoms with E-state index in [-0.39, 0.29) is 5.82 Å². The molecular weight excluding hydrogens is 295 g/mol.